The van der Waals surface area contributed by atoms with Gasteiger partial charge in [-0.25, -0.2) is 15.0 Å². The average molecular weight is 451 g/mol. The maximum Gasteiger partial charge on any atom is 1.00 e. The fourth-order valence-electron chi connectivity index (χ4n) is 3.18. The number of fused-ring (bicyclic) bond motifs is 1. The summed E-state index contributed by atoms with van der Waals surface area (Å²) in [7, 11) is 0. The normalized spacial score (nSPS) is 16.1. The fraction of sp³-hybridized carbons (Fsp3) is 0.222. The molecule has 1 aromatic carbocycles. The SMILES string of the molecule is Nc1nc2ncn(Cc3nc([C-]4CO[C@@H](c5ccc(O)cc5)C4)no3)c(=O)c2s1.[K+]. The average Bonchev–Trinajstić information content (AvgIpc) is 3.44. The number of phenols is 1. The molecule has 5 rings (SSSR count). The maximum atomic E-state index is 12.5. The van der Waals surface area contributed by atoms with Crippen LogP contribution < -0.4 is 62.7 Å². The Morgan fingerprint density at radius 2 is 2.10 bits per heavy atom. The molecule has 0 radical (unpaired) electrons. The summed E-state index contributed by atoms with van der Waals surface area (Å²) >= 11 is 1.10. The van der Waals surface area contributed by atoms with Gasteiger partial charge in [0.05, 0.1) is 6.10 Å². The molecule has 12 heteroatoms. The Balaban J connectivity index is 0.00000218. The second-order valence-electron chi connectivity index (χ2n) is 6.59. The molecule has 0 spiro atoms. The number of aromatic nitrogens is 5. The molecule has 0 bridgehead atoms. The molecule has 3 N–H and O–H groups in total. The number of nitrogen functional groups attached to an aromatic ring is 1. The van der Waals surface area contributed by atoms with E-state index in [0.29, 0.717) is 40.2 Å². The van der Waals surface area contributed by atoms with Crippen molar-refractivity contribution in [3.8, 4) is 5.75 Å². The van der Waals surface area contributed by atoms with Crippen molar-refractivity contribution in [2.45, 2.75) is 19.1 Å². The third-order valence-electron chi connectivity index (χ3n) is 4.65. The second-order valence-corrected chi connectivity index (χ2v) is 7.62. The molecule has 0 unspecified atom stereocenters. The summed E-state index contributed by atoms with van der Waals surface area (Å²) in [5.74, 6) is 1.88. The number of aromatic hydroxyl groups is 1. The minimum Gasteiger partial charge on any atom is -0.508 e. The third kappa shape index (κ3) is 4.16. The molecular weight excluding hydrogens is 435 g/mol. The van der Waals surface area contributed by atoms with Crippen molar-refractivity contribution in [1.82, 2.24) is 24.7 Å². The molecule has 10 nitrogen and oxygen atoms in total. The Morgan fingerprint density at radius 1 is 1.30 bits per heavy atom. The molecule has 3 aromatic heterocycles. The number of anilines is 1. The van der Waals surface area contributed by atoms with Crippen LogP contribution in [0.3, 0.4) is 0 Å². The first-order valence-electron chi connectivity index (χ1n) is 8.76. The van der Waals surface area contributed by atoms with Gasteiger partial charge in [0, 0.05) is 5.82 Å². The minimum absolute atomic E-state index is 0. The molecule has 4 heterocycles. The zero-order valence-electron chi connectivity index (χ0n) is 16.0. The van der Waals surface area contributed by atoms with Gasteiger partial charge in [-0.1, -0.05) is 35.2 Å². The van der Waals surface area contributed by atoms with E-state index in [0.717, 1.165) is 22.8 Å². The van der Waals surface area contributed by atoms with E-state index in [1.807, 2.05) is 12.1 Å². The van der Waals surface area contributed by atoms with Crippen LogP contribution in [0.4, 0.5) is 5.13 Å². The number of nitrogens with two attached hydrogens (primary N) is 1. The minimum atomic E-state index is -0.256. The van der Waals surface area contributed by atoms with E-state index in [4.69, 9.17) is 15.0 Å². The van der Waals surface area contributed by atoms with E-state index in [1.165, 1.54) is 10.9 Å². The number of thiazole rings is 1. The second kappa shape index (κ2) is 8.75. The Morgan fingerprint density at radius 3 is 2.90 bits per heavy atom. The predicted molar refractivity (Wildman–Crippen MR) is 103 cm³/mol. The number of hydrogen-bond donors (Lipinski definition) is 2. The van der Waals surface area contributed by atoms with Gasteiger partial charge in [-0.15, -0.1) is 6.42 Å². The van der Waals surface area contributed by atoms with E-state index < -0.39 is 0 Å². The molecule has 1 aliphatic rings. The zero-order chi connectivity index (χ0) is 20.0. The van der Waals surface area contributed by atoms with Crippen LogP contribution in [0.1, 0.15) is 29.8 Å². The number of benzene rings is 1. The van der Waals surface area contributed by atoms with Crippen LogP contribution in [-0.4, -0.2) is 36.4 Å². The van der Waals surface area contributed by atoms with E-state index in [-0.39, 0.29) is 75.3 Å². The fourth-order valence-corrected chi connectivity index (χ4v) is 3.92. The molecule has 1 fully saturated rings. The molecular formula is C18H15KN6O4S. The van der Waals surface area contributed by atoms with Crippen molar-refractivity contribution in [2.24, 2.45) is 0 Å². The first kappa shape index (κ1) is 21.4. The van der Waals surface area contributed by atoms with Gasteiger partial charge in [-0.05, 0) is 17.7 Å². The molecule has 0 aliphatic carbocycles. The third-order valence-corrected chi connectivity index (χ3v) is 5.51. The van der Waals surface area contributed by atoms with Gasteiger partial charge < -0.3 is 20.1 Å². The summed E-state index contributed by atoms with van der Waals surface area (Å²) < 4.78 is 12.9. The summed E-state index contributed by atoms with van der Waals surface area (Å²) in [4.78, 5) is 25.1. The van der Waals surface area contributed by atoms with Crippen LogP contribution in [0, 0.1) is 5.92 Å². The van der Waals surface area contributed by atoms with Crippen molar-refractivity contribution >= 4 is 26.8 Å². The smallest absolute Gasteiger partial charge is 0.508 e. The monoisotopic (exact) mass is 450 g/mol. The standard InChI is InChI=1S/C18H15N6O4S.K/c19-18-22-16-14(29-18)17(26)24(8-20-16)6-13-21-15(23-28-13)10-5-12(27-7-10)9-1-3-11(25)4-2-9;/h1-4,8,12,25H,5-7H2,(H2,19,22);/q-1;+1/t12-;/m1./s1. The number of nitrogens with zero attached hydrogens (tertiary/aromatic N) is 5. The number of phenolic OH excluding ortho intramolecular Hbond substituents is 1. The summed E-state index contributed by atoms with van der Waals surface area (Å²) in [5, 5.41) is 13.7. The van der Waals surface area contributed by atoms with Gasteiger partial charge in [0.1, 0.15) is 23.3 Å². The van der Waals surface area contributed by atoms with Crippen LogP contribution in [0.5, 0.6) is 5.75 Å². The molecule has 1 saturated heterocycles. The van der Waals surface area contributed by atoms with Gasteiger partial charge >= 0.3 is 51.4 Å². The summed E-state index contributed by atoms with van der Waals surface area (Å²) in [6, 6.07) is 6.91. The maximum absolute atomic E-state index is 12.5. The topological polar surface area (TPSA) is 142 Å². The van der Waals surface area contributed by atoms with E-state index in [1.54, 1.807) is 12.1 Å². The predicted octanol–water partition coefficient (Wildman–Crippen LogP) is -1.34. The molecule has 0 amide bonds. The van der Waals surface area contributed by atoms with Gasteiger partial charge in [0.15, 0.2) is 10.8 Å². The van der Waals surface area contributed by atoms with Gasteiger partial charge in [0.2, 0.25) is 5.89 Å². The molecule has 148 valence electrons. The zero-order valence-corrected chi connectivity index (χ0v) is 19.9. The van der Waals surface area contributed by atoms with Crippen LogP contribution in [-0.2, 0) is 11.3 Å². The largest absolute Gasteiger partial charge is 1.00 e. The van der Waals surface area contributed by atoms with Crippen molar-refractivity contribution in [3.63, 3.8) is 0 Å². The summed E-state index contributed by atoms with van der Waals surface area (Å²) in [5.41, 5.74) is 6.69. The summed E-state index contributed by atoms with van der Waals surface area (Å²) in [6.07, 6.45) is 1.89. The Bertz CT molecular complexity index is 1240. The molecule has 0 saturated carbocycles. The molecule has 1 aliphatic heterocycles. The Kier molecular flexibility index (Phi) is 6.25. The summed E-state index contributed by atoms with van der Waals surface area (Å²) in [6.45, 7) is 0.486. The van der Waals surface area contributed by atoms with Crippen LogP contribution in [0.2, 0.25) is 0 Å². The Labute approximate surface area is 216 Å². The first-order chi connectivity index (χ1) is 14.1. The first-order valence-corrected chi connectivity index (χ1v) is 9.58. The van der Waals surface area contributed by atoms with E-state index >= 15 is 0 Å². The molecule has 1 atom stereocenters. The Hall–Kier alpha value is -1.80. The van der Waals surface area contributed by atoms with E-state index in [2.05, 4.69) is 20.1 Å². The number of hydrogen-bond acceptors (Lipinski definition) is 10. The van der Waals surface area contributed by atoms with Gasteiger partial charge in [0.25, 0.3) is 5.56 Å². The number of ether oxygens (including phenoxy) is 1. The molecule has 30 heavy (non-hydrogen) atoms. The van der Waals surface area contributed by atoms with Gasteiger partial charge in [-0.2, -0.15) is 0 Å². The quantitative estimate of drug-likeness (QED) is 0.285. The van der Waals surface area contributed by atoms with Crippen molar-refractivity contribution in [1.29, 1.82) is 0 Å². The van der Waals surface area contributed by atoms with Crippen molar-refractivity contribution < 1.29 is 65.8 Å². The van der Waals surface area contributed by atoms with E-state index in [9.17, 15) is 9.90 Å². The van der Waals surface area contributed by atoms with Crippen LogP contribution in [0.15, 0.2) is 39.9 Å². The van der Waals surface area contributed by atoms with Crippen molar-refractivity contribution in [3.05, 3.63) is 64.1 Å². The number of rotatable bonds is 4. The van der Waals surface area contributed by atoms with Gasteiger partial charge in [-0.3, -0.25) is 15.3 Å². The van der Waals surface area contributed by atoms with Crippen LogP contribution >= 0.6 is 11.3 Å². The molecule has 4 aromatic rings. The van der Waals surface area contributed by atoms with Crippen molar-refractivity contribution in [2.75, 3.05) is 12.3 Å². The van der Waals surface area contributed by atoms with Crippen LogP contribution in [0.25, 0.3) is 10.3 Å².